The number of carbonyl (C=O) groups is 1. The molecule has 0 aromatic carbocycles. The fourth-order valence-electron chi connectivity index (χ4n) is 2.46. The molecule has 2 rings (SSSR count). The van der Waals surface area contributed by atoms with Crippen molar-refractivity contribution in [3.05, 3.63) is 24.0 Å². The van der Waals surface area contributed by atoms with Gasteiger partial charge in [0.1, 0.15) is 5.69 Å². The summed E-state index contributed by atoms with van der Waals surface area (Å²) in [5, 5.41) is 3.06. The molecule has 6 heteroatoms. The largest absolute Gasteiger partial charge is 0.348 e. The zero-order valence-corrected chi connectivity index (χ0v) is 11.4. The smallest absolute Gasteiger partial charge is 0.270 e. The maximum atomic E-state index is 12.2. The van der Waals surface area contributed by atoms with E-state index in [1.165, 1.54) is 0 Å². The second-order valence-corrected chi connectivity index (χ2v) is 5.18. The average Bonchev–Trinajstić information content (AvgIpc) is 2.42. The molecule has 104 valence electrons. The molecule has 2 heterocycles. The van der Waals surface area contributed by atoms with Crippen molar-refractivity contribution in [2.45, 2.75) is 19.4 Å². The van der Waals surface area contributed by atoms with Crippen LogP contribution in [0.2, 0.25) is 0 Å². The second-order valence-electron chi connectivity index (χ2n) is 5.18. The van der Waals surface area contributed by atoms with Crippen molar-refractivity contribution in [2.75, 3.05) is 25.6 Å². The Kier molecular flexibility index (Phi) is 4.34. The zero-order valence-electron chi connectivity index (χ0n) is 11.4. The van der Waals surface area contributed by atoms with Crippen molar-refractivity contribution in [2.24, 2.45) is 11.8 Å². The van der Waals surface area contributed by atoms with E-state index in [9.17, 15) is 4.79 Å². The fraction of sp³-hybridized carbons (Fsp3) is 0.538. The molecule has 0 saturated carbocycles. The molecular formula is C13H21N5O. The molecule has 0 aliphatic carbocycles. The number of rotatable bonds is 3. The van der Waals surface area contributed by atoms with Crippen LogP contribution in [0.15, 0.2) is 18.3 Å². The molecule has 1 fully saturated rings. The van der Waals surface area contributed by atoms with Gasteiger partial charge in [0.05, 0.1) is 5.69 Å². The van der Waals surface area contributed by atoms with Crippen LogP contribution in [0.1, 0.15) is 23.8 Å². The summed E-state index contributed by atoms with van der Waals surface area (Å²) in [4.78, 5) is 18.5. The van der Waals surface area contributed by atoms with E-state index in [1.54, 1.807) is 18.3 Å². The predicted octanol–water partition coefficient (Wildman–Crippen LogP) is 0.437. The van der Waals surface area contributed by atoms with Gasteiger partial charge in [-0.25, -0.2) is 0 Å². The van der Waals surface area contributed by atoms with Crippen molar-refractivity contribution in [3.8, 4) is 0 Å². The molecule has 1 saturated heterocycles. The number of nitrogens with one attached hydrogen (secondary N) is 2. The Balaban J connectivity index is 2.00. The Morgan fingerprint density at radius 2 is 2.37 bits per heavy atom. The molecule has 0 radical (unpaired) electrons. The molecule has 1 aliphatic rings. The van der Waals surface area contributed by atoms with Gasteiger partial charge >= 0.3 is 0 Å². The Morgan fingerprint density at radius 3 is 3.05 bits per heavy atom. The minimum atomic E-state index is -0.140. The number of amides is 1. The Bertz CT molecular complexity index is 450. The quantitative estimate of drug-likeness (QED) is 0.544. The third-order valence-corrected chi connectivity index (χ3v) is 3.58. The van der Waals surface area contributed by atoms with Crippen molar-refractivity contribution in [3.63, 3.8) is 0 Å². The fourth-order valence-corrected chi connectivity index (χ4v) is 2.46. The van der Waals surface area contributed by atoms with Crippen molar-refractivity contribution >= 4 is 11.6 Å². The van der Waals surface area contributed by atoms with Gasteiger partial charge in [-0.15, -0.1) is 0 Å². The summed E-state index contributed by atoms with van der Waals surface area (Å²) in [7, 11) is 2.10. The van der Waals surface area contributed by atoms with E-state index in [4.69, 9.17) is 5.84 Å². The van der Waals surface area contributed by atoms with Gasteiger partial charge in [-0.1, -0.05) is 6.92 Å². The number of pyridine rings is 1. The van der Waals surface area contributed by atoms with Gasteiger partial charge in [0, 0.05) is 18.8 Å². The molecule has 2 atom stereocenters. The summed E-state index contributed by atoms with van der Waals surface area (Å²) in [6.45, 7) is 4.17. The lowest BCUT2D eigenvalue weighted by molar-refractivity contribution is 0.0879. The first kappa shape index (κ1) is 13.8. The molecular weight excluding hydrogens is 242 g/mol. The summed E-state index contributed by atoms with van der Waals surface area (Å²) in [6, 6.07) is 3.57. The van der Waals surface area contributed by atoms with E-state index in [0.717, 1.165) is 19.5 Å². The monoisotopic (exact) mass is 263 g/mol. The molecule has 4 N–H and O–H groups in total. The maximum Gasteiger partial charge on any atom is 0.270 e. The lowest BCUT2D eigenvalue weighted by Crippen LogP contribution is -2.49. The number of hydrazine groups is 1. The topological polar surface area (TPSA) is 83.3 Å². The lowest BCUT2D eigenvalue weighted by Gasteiger charge is -2.35. The molecule has 0 bridgehead atoms. The van der Waals surface area contributed by atoms with E-state index in [-0.39, 0.29) is 11.9 Å². The van der Waals surface area contributed by atoms with Crippen molar-refractivity contribution < 1.29 is 4.79 Å². The molecule has 0 spiro atoms. The van der Waals surface area contributed by atoms with Crippen LogP contribution in [-0.4, -0.2) is 42.0 Å². The van der Waals surface area contributed by atoms with Crippen molar-refractivity contribution in [1.82, 2.24) is 15.2 Å². The van der Waals surface area contributed by atoms with Gasteiger partial charge in [-0.3, -0.25) is 15.6 Å². The van der Waals surface area contributed by atoms with Gasteiger partial charge < -0.3 is 15.6 Å². The minimum Gasteiger partial charge on any atom is -0.348 e. The molecule has 19 heavy (non-hydrogen) atoms. The third-order valence-electron chi connectivity index (χ3n) is 3.58. The predicted molar refractivity (Wildman–Crippen MR) is 74.6 cm³/mol. The number of nitrogens with two attached hydrogens (primary N) is 1. The van der Waals surface area contributed by atoms with E-state index in [2.05, 4.69) is 34.6 Å². The Labute approximate surface area is 113 Å². The van der Waals surface area contributed by atoms with Crippen LogP contribution in [0.3, 0.4) is 0 Å². The summed E-state index contributed by atoms with van der Waals surface area (Å²) in [5.41, 5.74) is 3.58. The second kappa shape index (κ2) is 5.99. The number of anilines is 1. The molecule has 1 aromatic rings. The van der Waals surface area contributed by atoms with E-state index < -0.39 is 0 Å². The summed E-state index contributed by atoms with van der Waals surface area (Å²) >= 11 is 0. The van der Waals surface area contributed by atoms with Crippen molar-refractivity contribution in [1.29, 1.82) is 0 Å². The van der Waals surface area contributed by atoms with Gasteiger partial charge in [-0.05, 0) is 38.1 Å². The standard InChI is InChI=1S/C13H21N5O/c1-9-8-18(2)6-4-11(9)16-13(19)12-7-10(17-14)3-5-15-12/h3,5,7,9,11H,4,6,8,14H2,1-2H3,(H,15,17)(H,16,19). The number of piperidine rings is 1. The van der Waals surface area contributed by atoms with Gasteiger partial charge in [0.25, 0.3) is 5.91 Å². The average molecular weight is 263 g/mol. The number of nitrogens with zero attached hydrogens (tertiary/aromatic N) is 2. The number of nitrogen functional groups attached to an aromatic ring is 1. The van der Waals surface area contributed by atoms with E-state index in [0.29, 0.717) is 17.3 Å². The minimum absolute atomic E-state index is 0.140. The van der Waals surface area contributed by atoms with Crippen LogP contribution in [0.5, 0.6) is 0 Å². The number of aromatic nitrogens is 1. The molecule has 1 aromatic heterocycles. The first-order valence-corrected chi connectivity index (χ1v) is 6.52. The van der Waals surface area contributed by atoms with Crippen LogP contribution < -0.4 is 16.6 Å². The van der Waals surface area contributed by atoms with Gasteiger partial charge in [0.2, 0.25) is 0 Å². The molecule has 1 aliphatic heterocycles. The lowest BCUT2D eigenvalue weighted by atomic mass is 9.94. The third kappa shape index (κ3) is 3.42. The number of hydrogen-bond acceptors (Lipinski definition) is 5. The number of carbonyl (C=O) groups excluding carboxylic acids is 1. The first-order valence-electron chi connectivity index (χ1n) is 6.52. The van der Waals surface area contributed by atoms with Gasteiger partial charge in [0.15, 0.2) is 0 Å². The summed E-state index contributed by atoms with van der Waals surface area (Å²) in [6.07, 6.45) is 2.54. The first-order chi connectivity index (χ1) is 9.10. The Hall–Kier alpha value is -1.66. The van der Waals surface area contributed by atoms with Crippen LogP contribution in [0.4, 0.5) is 5.69 Å². The SMILES string of the molecule is CC1CN(C)CCC1NC(=O)c1cc(NN)ccn1. The van der Waals surface area contributed by atoms with Crippen LogP contribution >= 0.6 is 0 Å². The zero-order chi connectivity index (χ0) is 13.8. The highest BCUT2D eigenvalue weighted by molar-refractivity contribution is 5.93. The van der Waals surface area contributed by atoms with Gasteiger partial charge in [-0.2, -0.15) is 0 Å². The summed E-state index contributed by atoms with van der Waals surface area (Å²) < 4.78 is 0. The molecule has 6 nitrogen and oxygen atoms in total. The molecule has 1 amide bonds. The highest BCUT2D eigenvalue weighted by atomic mass is 16.1. The maximum absolute atomic E-state index is 12.2. The van der Waals surface area contributed by atoms with E-state index in [1.807, 2.05) is 0 Å². The molecule has 2 unspecified atom stereocenters. The summed E-state index contributed by atoms with van der Waals surface area (Å²) in [5.74, 6) is 5.63. The highest BCUT2D eigenvalue weighted by Crippen LogP contribution is 2.16. The number of hydrogen-bond donors (Lipinski definition) is 3. The highest BCUT2D eigenvalue weighted by Gasteiger charge is 2.26. The number of likely N-dealkylation sites (tertiary alicyclic amines) is 1. The Morgan fingerprint density at radius 1 is 1.58 bits per heavy atom. The van der Waals surface area contributed by atoms with E-state index >= 15 is 0 Å². The van der Waals surface area contributed by atoms with Crippen LogP contribution in [-0.2, 0) is 0 Å². The van der Waals surface area contributed by atoms with Crippen LogP contribution in [0, 0.1) is 5.92 Å². The normalized spacial score (nSPS) is 23.9. The van der Waals surface area contributed by atoms with Crippen LogP contribution in [0.25, 0.3) is 0 Å².